The zero-order valence-corrected chi connectivity index (χ0v) is 27.4. The average Bonchev–Trinajstić information content (AvgIpc) is 3.59. The summed E-state index contributed by atoms with van der Waals surface area (Å²) in [5.41, 5.74) is 8.69. The Balaban J connectivity index is 1.33. The van der Waals surface area contributed by atoms with E-state index in [4.69, 9.17) is 10.5 Å². The zero-order chi connectivity index (χ0) is 34.0. The zero-order valence-electron chi connectivity index (χ0n) is 27.4. The van der Waals surface area contributed by atoms with Crippen LogP contribution in [0.1, 0.15) is 80.5 Å². The lowest BCUT2D eigenvalue weighted by Gasteiger charge is -2.42. The van der Waals surface area contributed by atoms with Crippen molar-refractivity contribution in [2.45, 2.75) is 107 Å². The maximum Gasteiger partial charge on any atom is 0.161 e. The first kappa shape index (κ1) is 35.7. The number of nitrogens with two attached hydrogens (primary N) is 1. The highest BCUT2D eigenvalue weighted by Crippen LogP contribution is 2.42. The van der Waals surface area contributed by atoms with E-state index >= 15 is 0 Å². The van der Waals surface area contributed by atoms with E-state index in [1.807, 2.05) is 24.3 Å². The second kappa shape index (κ2) is 17.2. The molecule has 10 heteroatoms. The molecule has 9 unspecified atom stereocenters. The van der Waals surface area contributed by atoms with Crippen molar-refractivity contribution in [3.63, 3.8) is 0 Å². The quantitative estimate of drug-likeness (QED) is 0.142. The van der Waals surface area contributed by atoms with Gasteiger partial charge in [-0.25, -0.2) is 4.98 Å². The number of anilines is 1. The number of benzene rings is 1. The van der Waals surface area contributed by atoms with E-state index in [0.717, 1.165) is 36.1 Å². The molecule has 0 saturated heterocycles. The fourth-order valence-corrected chi connectivity index (χ4v) is 7.39. The van der Waals surface area contributed by atoms with Crippen molar-refractivity contribution >= 4 is 5.82 Å². The summed E-state index contributed by atoms with van der Waals surface area (Å²) in [4.78, 5) is 8.63. The highest BCUT2D eigenvalue weighted by atomic mass is 16.5. The van der Waals surface area contributed by atoms with Gasteiger partial charge in [0.2, 0.25) is 0 Å². The van der Waals surface area contributed by atoms with Gasteiger partial charge in [-0.15, -0.1) is 5.92 Å². The number of nitrogens with zero attached hydrogens (tertiary/aromatic N) is 2. The van der Waals surface area contributed by atoms with Crippen molar-refractivity contribution in [1.82, 2.24) is 9.97 Å². The van der Waals surface area contributed by atoms with Gasteiger partial charge in [0.05, 0.1) is 18.3 Å². The Morgan fingerprint density at radius 1 is 1.00 bits per heavy atom. The molecule has 5 rings (SSSR count). The Labute approximate surface area is 283 Å². The Morgan fingerprint density at radius 2 is 1.83 bits per heavy atom. The number of aryl methyl sites for hydroxylation is 1. The first-order valence-corrected chi connectivity index (χ1v) is 17.3. The molecule has 9 atom stereocenters. The molecule has 0 spiro atoms. The predicted molar refractivity (Wildman–Crippen MR) is 182 cm³/mol. The number of aromatic nitrogens is 2. The monoisotopic (exact) mass is 660 g/mol. The van der Waals surface area contributed by atoms with Crippen LogP contribution in [0.3, 0.4) is 0 Å². The van der Waals surface area contributed by atoms with Gasteiger partial charge in [0.1, 0.15) is 18.0 Å². The summed E-state index contributed by atoms with van der Waals surface area (Å²) in [7, 11) is 0. The lowest BCUT2D eigenvalue weighted by molar-refractivity contribution is -0.104. The molecule has 260 valence electrons. The molecule has 48 heavy (non-hydrogen) atoms. The van der Waals surface area contributed by atoms with Crippen molar-refractivity contribution in [2.24, 2.45) is 17.8 Å². The first-order chi connectivity index (χ1) is 23.2. The molecular formula is C38H50N3O7-. The molecule has 8 N–H and O–H groups in total. The van der Waals surface area contributed by atoms with Gasteiger partial charge in [0.25, 0.3) is 0 Å². The third-order valence-corrected chi connectivity index (χ3v) is 10.2. The van der Waals surface area contributed by atoms with Crippen molar-refractivity contribution in [1.29, 1.82) is 0 Å². The number of nitrogen functional groups attached to an aromatic ring is 1. The van der Waals surface area contributed by atoms with E-state index in [1.165, 1.54) is 6.07 Å². The molecule has 1 aromatic carbocycles. The molecule has 3 aromatic rings. The third-order valence-electron chi connectivity index (χ3n) is 10.2. The highest BCUT2D eigenvalue weighted by molar-refractivity contribution is 5.42. The van der Waals surface area contributed by atoms with E-state index < -0.39 is 36.4 Å². The van der Waals surface area contributed by atoms with Gasteiger partial charge in [0, 0.05) is 37.0 Å². The minimum Gasteiger partial charge on any atom is -0.668 e. The van der Waals surface area contributed by atoms with Gasteiger partial charge in [-0.2, -0.15) is 11.9 Å². The summed E-state index contributed by atoms with van der Waals surface area (Å²) in [6.07, 6.45) is 5.54. The molecule has 2 heterocycles. The fourth-order valence-electron chi connectivity index (χ4n) is 7.39. The minimum atomic E-state index is -1.20. The number of aliphatic hydroxyl groups excluding tert-OH is 5. The Kier molecular flexibility index (Phi) is 12.8. The molecule has 1 saturated carbocycles. The highest BCUT2D eigenvalue weighted by Gasteiger charge is 2.43. The maximum absolute atomic E-state index is 11.3. The maximum atomic E-state index is 11.3. The summed E-state index contributed by atoms with van der Waals surface area (Å²) in [6, 6.07) is 12.6. The molecule has 0 bridgehead atoms. The van der Waals surface area contributed by atoms with Gasteiger partial charge in [-0.1, -0.05) is 37.0 Å². The van der Waals surface area contributed by atoms with Gasteiger partial charge < -0.3 is 46.1 Å². The number of hydrogen-bond donors (Lipinski definition) is 7. The fraction of sp³-hybridized carbons (Fsp3) is 0.553. The normalized spacial score (nSPS) is 27.7. The summed E-state index contributed by atoms with van der Waals surface area (Å²) in [5, 5.41) is 64.3. The van der Waals surface area contributed by atoms with Gasteiger partial charge >= 0.3 is 0 Å². The SMILES string of the molecule is Nc1cc(C(Cc2ccc[n-]2)C2CCC(O)C(O)C2Oc2cc(CCC(O)C3CC#CC(CCO)CCCCC3O)ccc2O)ccn1. The Hall–Kier alpha value is -3.59. The van der Waals surface area contributed by atoms with E-state index in [9.17, 15) is 30.6 Å². The van der Waals surface area contributed by atoms with E-state index in [1.54, 1.807) is 24.5 Å². The Morgan fingerprint density at radius 3 is 2.60 bits per heavy atom. The van der Waals surface area contributed by atoms with E-state index in [0.29, 0.717) is 57.2 Å². The summed E-state index contributed by atoms with van der Waals surface area (Å²) in [5.74, 6) is 6.20. The van der Waals surface area contributed by atoms with Crippen LogP contribution in [0.25, 0.3) is 0 Å². The molecule has 2 aliphatic carbocycles. The van der Waals surface area contributed by atoms with Crippen LogP contribution >= 0.6 is 0 Å². The van der Waals surface area contributed by atoms with Crippen LogP contribution in [-0.4, -0.2) is 72.7 Å². The summed E-state index contributed by atoms with van der Waals surface area (Å²) >= 11 is 0. The van der Waals surface area contributed by atoms with Crippen molar-refractivity contribution in [3.05, 3.63) is 71.7 Å². The number of ether oxygens (including phenoxy) is 1. The van der Waals surface area contributed by atoms with Crippen LogP contribution in [-0.2, 0) is 12.8 Å². The standard InChI is InChI=1S/C38H50N3O7/c39-36-22-26(16-19-41-36)30(23-27-7-4-18-40-27)28-12-15-34(46)37(47)38(28)48-35-21-25(11-14-33(35)45)10-13-32(44)29-8-3-6-24(17-20-42)5-1-2-9-31(29)43/h4,7,11,14,16,18-19,21-22,24,28-32,34,37-38,42-47H,1-2,5,8-10,12-13,15,17,20,23H2,(H2,39,41)/q-1. The van der Waals surface area contributed by atoms with Gasteiger partial charge in [0.15, 0.2) is 11.5 Å². The van der Waals surface area contributed by atoms with Crippen molar-refractivity contribution < 1.29 is 35.4 Å². The van der Waals surface area contributed by atoms with E-state index in [2.05, 4.69) is 21.8 Å². The smallest absolute Gasteiger partial charge is 0.161 e. The number of phenolic OH excluding ortho intramolecular Hbond substituents is 1. The number of phenols is 1. The van der Waals surface area contributed by atoms with Crippen LogP contribution in [0.15, 0.2) is 54.9 Å². The number of aliphatic hydroxyl groups is 5. The number of hydrogen-bond acceptors (Lipinski definition) is 9. The number of aromatic hydroxyl groups is 1. The third kappa shape index (κ3) is 9.30. The molecular weight excluding hydrogens is 610 g/mol. The predicted octanol–water partition coefficient (Wildman–Crippen LogP) is 3.47. The minimum absolute atomic E-state index is 0.0943. The van der Waals surface area contributed by atoms with Gasteiger partial charge in [-0.3, -0.25) is 0 Å². The summed E-state index contributed by atoms with van der Waals surface area (Å²) < 4.78 is 6.43. The molecule has 0 amide bonds. The molecule has 1 fully saturated rings. The molecule has 0 radical (unpaired) electrons. The van der Waals surface area contributed by atoms with Crippen molar-refractivity contribution in [2.75, 3.05) is 12.3 Å². The average molecular weight is 661 g/mol. The second-order valence-corrected chi connectivity index (χ2v) is 13.5. The van der Waals surface area contributed by atoms with Crippen LogP contribution in [0.2, 0.25) is 0 Å². The molecule has 0 aliphatic heterocycles. The molecule has 2 aliphatic rings. The lowest BCUT2D eigenvalue weighted by Crippen LogP contribution is -2.51. The van der Waals surface area contributed by atoms with Crippen LogP contribution in [0, 0.1) is 29.6 Å². The molecule has 10 nitrogen and oxygen atoms in total. The van der Waals surface area contributed by atoms with Crippen LogP contribution in [0.4, 0.5) is 5.82 Å². The van der Waals surface area contributed by atoms with Gasteiger partial charge in [-0.05, 0) is 92.7 Å². The van der Waals surface area contributed by atoms with E-state index in [-0.39, 0.29) is 35.9 Å². The number of rotatable bonds is 12. The Bertz CT molecular complexity index is 1490. The number of pyridine rings is 1. The lowest BCUT2D eigenvalue weighted by atomic mass is 9.71. The van der Waals surface area contributed by atoms with Crippen molar-refractivity contribution in [3.8, 4) is 23.3 Å². The summed E-state index contributed by atoms with van der Waals surface area (Å²) in [6.45, 7) is 0.0972. The molecule has 2 aromatic heterocycles. The van der Waals surface area contributed by atoms with Crippen LogP contribution in [0.5, 0.6) is 11.5 Å². The topological polar surface area (TPSA) is 184 Å². The second-order valence-electron chi connectivity index (χ2n) is 13.5. The first-order valence-electron chi connectivity index (χ1n) is 17.3. The van der Waals surface area contributed by atoms with Crippen LogP contribution < -0.4 is 15.5 Å². The largest absolute Gasteiger partial charge is 0.668 e.